The maximum absolute atomic E-state index is 6.12. The largest absolute Gasteiger partial charge is 0.397 e. The van der Waals surface area contributed by atoms with E-state index >= 15 is 0 Å². The highest BCUT2D eigenvalue weighted by atomic mass is 35.5. The molecule has 122 valence electrons. The molecule has 0 saturated carbocycles. The van der Waals surface area contributed by atoms with Crippen molar-refractivity contribution in [1.29, 1.82) is 0 Å². The highest BCUT2D eigenvalue weighted by Gasteiger charge is 2.19. The van der Waals surface area contributed by atoms with Gasteiger partial charge in [0.25, 0.3) is 0 Å². The number of pyridine rings is 1. The average Bonchev–Trinajstić information content (AvgIpc) is 3.07. The molecule has 4 nitrogen and oxygen atoms in total. The minimum absolute atomic E-state index is 0.0773. The van der Waals surface area contributed by atoms with Gasteiger partial charge in [-0.15, -0.1) is 22.7 Å². The molecule has 0 fully saturated rings. The second-order valence-electron chi connectivity index (χ2n) is 5.68. The second-order valence-corrected chi connectivity index (χ2v) is 8.10. The quantitative estimate of drug-likeness (QED) is 0.662. The van der Waals surface area contributed by atoms with E-state index in [1.54, 1.807) is 28.7 Å². The lowest BCUT2D eigenvalue weighted by atomic mass is 10.2. The van der Waals surface area contributed by atoms with Gasteiger partial charge in [0.2, 0.25) is 0 Å². The van der Waals surface area contributed by atoms with Crippen LogP contribution in [0, 0.1) is 6.92 Å². The van der Waals surface area contributed by atoms with Crippen LogP contribution in [0.15, 0.2) is 23.6 Å². The molecule has 3 aromatic rings. The third-order valence-electron chi connectivity index (χ3n) is 3.57. The number of rotatable bonds is 5. The Morgan fingerprint density at radius 2 is 2.22 bits per heavy atom. The molecule has 0 bridgehead atoms. The van der Waals surface area contributed by atoms with Gasteiger partial charge in [-0.25, -0.2) is 4.98 Å². The third kappa shape index (κ3) is 3.45. The summed E-state index contributed by atoms with van der Waals surface area (Å²) in [7, 11) is 0. The van der Waals surface area contributed by atoms with Crippen molar-refractivity contribution in [3.05, 3.63) is 39.2 Å². The van der Waals surface area contributed by atoms with Crippen molar-refractivity contribution < 1.29 is 0 Å². The van der Waals surface area contributed by atoms with E-state index < -0.39 is 0 Å². The number of nitrogens with zero attached hydrogens (tertiary/aromatic N) is 2. The summed E-state index contributed by atoms with van der Waals surface area (Å²) in [6, 6.07) is 6.00. The molecule has 0 radical (unpaired) electrons. The summed E-state index contributed by atoms with van der Waals surface area (Å²) in [6.45, 7) is 5.70. The fourth-order valence-electron chi connectivity index (χ4n) is 2.62. The summed E-state index contributed by atoms with van der Waals surface area (Å²) < 4.78 is 0.989. The lowest BCUT2D eigenvalue weighted by Gasteiger charge is -2.25. The van der Waals surface area contributed by atoms with Crippen LogP contribution in [0.1, 0.15) is 17.4 Å². The highest BCUT2D eigenvalue weighted by Crippen LogP contribution is 2.41. The van der Waals surface area contributed by atoms with Gasteiger partial charge < -0.3 is 16.4 Å². The van der Waals surface area contributed by atoms with E-state index in [0.717, 1.165) is 33.9 Å². The van der Waals surface area contributed by atoms with Gasteiger partial charge in [0.05, 0.1) is 27.4 Å². The summed E-state index contributed by atoms with van der Waals surface area (Å²) >= 11 is 9.48. The Morgan fingerprint density at radius 3 is 2.87 bits per heavy atom. The van der Waals surface area contributed by atoms with Gasteiger partial charge in [-0.05, 0) is 31.4 Å². The molecule has 0 saturated heterocycles. The maximum atomic E-state index is 6.12. The van der Waals surface area contributed by atoms with Crippen LogP contribution >= 0.6 is 34.3 Å². The van der Waals surface area contributed by atoms with E-state index in [9.17, 15) is 0 Å². The molecule has 3 aromatic heterocycles. The third-order valence-corrected chi connectivity index (χ3v) is 6.01. The van der Waals surface area contributed by atoms with Gasteiger partial charge in [-0.2, -0.15) is 0 Å². The Labute approximate surface area is 148 Å². The summed E-state index contributed by atoms with van der Waals surface area (Å²) in [6.07, 6.45) is 0. The van der Waals surface area contributed by atoms with Gasteiger partial charge in [-0.3, -0.25) is 0 Å². The van der Waals surface area contributed by atoms with Crippen molar-refractivity contribution in [3.63, 3.8) is 0 Å². The number of nitrogens with two attached hydrogens (primary N) is 2. The molecule has 3 heterocycles. The Balaban J connectivity index is 2.06. The number of hydrogen-bond acceptors (Lipinski definition) is 6. The molecule has 0 aliphatic carbocycles. The Hall–Kier alpha value is -1.34. The smallest absolute Gasteiger partial charge is 0.131 e. The minimum Gasteiger partial charge on any atom is -0.397 e. The molecular formula is C16H19ClN4S2. The van der Waals surface area contributed by atoms with Gasteiger partial charge in [0.15, 0.2) is 0 Å². The van der Waals surface area contributed by atoms with Crippen LogP contribution in [-0.4, -0.2) is 17.6 Å². The maximum Gasteiger partial charge on any atom is 0.131 e. The zero-order valence-electron chi connectivity index (χ0n) is 13.0. The molecular weight excluding hydrogens is 348 g/mol. The molecule has 0 aliphatic rings. The number of aryl methyl sites for hydroxylation is 1. The van der Waals surface area contributed by atoms with Gasteiger partial charge in [-0.1, -0.05) is 17.7 Å². The zero-order valence-corrected chi connectivity index (χ0v) is 15.4. The Kier molecular flexibility index (Phi) is 4.77. The van der Waals surface area contributed by atoms with Gasteiger partial charge in [0, 0.05) is 23.0 Å². The summed E-state index contributed by atoms with van der Waals surface area (Å²) in [5.74, 6) is 0. The van der Waals surface area contributed by atoms with Crippen LogP contribution in [0.3, 0.4) is 0 Å². The van der Waals surface area contributed by atoms with Crippen LogP contribution in [0.2, 0.25) is 5.15 Å². The first kappa shape index (κ1) is 16.5. The zero-order chi connectivity index (χ0) is 16.6. The van der Waals surface area contributed by atoms with E-state index in [-0.39, 0.29) is 6.04 Å². The molecule has 0 spiro atoms. The van der Waals surface area contributed by atoms with Crippen molar-refractivity contribution in [2.24, 2.45) is 5.73 Å². The topological polar surface area (TPSA) is 68.2 Å². The number of thiophene rings is 2. The molecule has 0 aliphatic heterocycles. The SMILES string of the molecule is Cc1c(N(Cc2cccs2)C[C@@H](C)N)sc2c(N)cc(Cl)nc12. The highest BCUT2D eigenvalue weighted by molar-refractivity contribution is 7.23. The molecule has 7 heteroatoms. The summed E-state index contributed by atoms with van der Waals surface area (Å²) in [4.78, 5) is 8.07. The van der Waals surface area contributed by atoms with E-state index in [2.05, 4.69) is 34.3 Å². The first-order chi connectivity index (χ1) is 11.0. The lowest BCUT2D eigenvalue weighted by Crippen LogP contribution is -2.35. The summed E-state index contributed by atoms with van der Waals surface area (Å²) in [5, 5.41) is 3.68. The molecule has 23 heavy (non-hydrogen) atoms. The van der Waals surface area contributed by atoms with Crippen LogP contribution in [-0.2, 0) is 6.54 Å². The van der Waals surface area contributed by atoms with Crippen molar-refractivity contribution >= 4 is 55.2 Å². The van der Waals surface area contributed by atoms with Gasteiger partial charge in [0.1, 0.15) is 5.15 Å². The fraction of sp³-hybridized carbons (Fsp3) is 0.312. The van der Waals surface area contributed by atoms with E-state index in [1.807, 2.05) is 6.92 Å². The minimum atomic E-state index is 0.0773. The van der Waals surface area contributed by atoms with E-state index in [4.69, 9.17) is 23.1 Å². The number of aromatic nitrogens is 1. The second kappa shape index (κ2) is 6.65. The van der Waals surface area contributed by atoms with Crippen molar-refractivity contribution in [2.45, 2.75) is 26.4 Å². The number of fused-ring (bicyclic) bond motifs is 1. The first-order valence-electron chi connectivity index (χ1n) is 7.33. The summed E-state index contributed by atoms with van der Waals surface area (Å²) in [5.41, 5.74) is 14.9. The van der Waals surface area contributed by atoms with Crippen LogP contribution < -0.4 is 16.4 Å². The van der Waals surface area contributed by atoms with Crippen LogP contribution in [0.25, 0.3) is 10.2 Å². The van der Waals surface area contributed by atoms with E-state index in [0.29, 0.717) is 10.8 Å². The van der Waals surface area contributed by atoms with Crippen LogP contribution in [0.5, 0.6) is 0 Å². The molecule has 0 unspecified atom stereocenters. The monoisotopic (exact) mass is 366 g/mol. The Morgan fingerprint density at radius 1 is 1.43 bits per heavy atom. The van der Waals surface area contributed by atoms with Crippen molar-refractivity contribution in [3.8, 4) is 0 Å². The molecule has 1 atom stereocenters. The molecule has 0 aromatic carbocycles. The lowest BCUT2D eigenvalue weighted by molar-refractivity contribution is 0.682. The first-order valence-corrected chi connectivity index (χ1v) is 9.41. The van der Waals surface area contributed by atoms with Crippen molar-refractivity contribution in [1.82, 2.24) is 4.98 Å². The predicted molar refractivity (Wildman–Crippen MR) is 103 cm³/mol. The van der Waals surface area contributed by atoms with Crippen molar-refractivity contribution in [2.75, 3.05) is 17.2 Å². The number of nitrogen functional groups attached to an aromatic ring is 1. The Bertz CT molecular complexity index is 811. The average molecular weight is 367 g/mol. The van der Waals surface area contributed by atoms with Gasteiger partial charge >= 0.3 is 0 Å². The molecule has 0 amide bonds. The number of anilines is 2. The molecule has 4 N–H and O–H groups in total. The van der Waals surface area contributed by atoms with E-state index in [1.165, 1.54) is 4.88 Å². The van der Waals surface area contributed by atoms with Crippen LogP contribution in [0.4, 0.5) is 10.7 Å². The molecule has 3 rings (SSSR count). The normalized spacial score (nSPS) is 12.7. The number of halogens is 1. The number of hydrogen-bond donors (Lipinski definition) is 2. The predicted octanol–water partition coefficient (Wildman–Crippen LogP) is 4.26. The fourth-order valence-corrected chi connectivity index (χ4v) is 4.72. The standard InChI is InChI=1S/C16H19ClN4S2/c1-9(18)7-21(8-11-4-3-5-22-11)16-10(2)14-15(23-16)12(19)6-13(17)20-14/h3-6,9H,7-8,18H2,1-2H3,(H2,19,20)/t9-/m1/s1.